The van der Waals surface area contributed by atoms with E-state index in [4.69, 9.17) is 5.73 Å². The van der Waals surface area contributed by atoms with Crippen molar-refractivity contribution in [3.8, 4) is 0 Å². The number of nitrogens with zero attached hydrogens (tertiary/aromatic N) is 4. The molecule has 112 valence electrons. The van der Waals surface area contributed by atoms with E-state index in [0.717, 1.165) is 32.4 Å². The van der Waals surface area contributed by atoms with E-state index in [2.05, 4.69) is 34.1 Å². The quantitative estimate of drug-likeness (QED) is 0.711. The highest BCUT2D eigenvalue weighted by atomic mass is 16.3. The van der Waals surface area contributed by atoms with Crippen molar-refractivity contribution in [2.75, 3.05) is 35.6 Å². The van der Waals surface area contributed by atoms with Gasteiger partial charge < -0.3 is 21.1 Å². The van der Waals surface area contributed by atoms with Crippen molar-refractivity contribution in [2.24, 2.45) is 5.92 Å². The molecule has 1 aliphatic rings. The Bertz CT molecular complexity index is 437. The van der Waals surface area contributed by atoms with Crippen molar-refractivity contribution in [3.05, 3.63) is 0 Å². The fourth-order valence-corrected chi connectivity index (χ4v) is 2.70. The minimum atomic E-state index is 0.196. The van der Waals surface area contributed by atoms with E-state index in [9.17, 15) is 5.11 Å². The first-order chi connectivity index (χ1) is 9.67. The molecule has 1 aromatic heterocycles. The van der Waals surface area contributed by atoms with Gasteiger partial charge in [0, 0.05) is 31.7 Å². The first-order valence-electron chi connectivity index (χ1n) is 7.31. The predicted octanol–water partition coefficient (Wildman–Crippen LogP) is 0.873. The van der Waals surface area contributed by atoms with Crippen LogP contribution in [0.3, 0.4) is 0 Å². The highest BCUT2D eigenvalue weighted by Gasteiger charge is 2.27. The molecule has 1 heterocycles. The number of hydrogen-bond donors (Lipinski definition) is 3. The van der Waals surface area contributed by atoms with Crippen LogP contribution < -0.4 is 16.0 Å². The summed E-state index contributed by atoms with van der Waals surface area (Å²) in [6.45, 7) is 5.94. The predicted molar refractivity (Wildman–Crippen MR) is 79.6 cm³/mol. The van der Waals surface area contributed by atoms with Crippen LogP contribution in [0, 0.1) is 5.92 Å². The lowest BCUT2D eigenvalue weighted by atomic mass is 10.1. The van der Waals surface area contributed by atoms with Crippen LogP contribution in [0.1, 0.15) is 33.1 Å². The molecule has 2 atom stereocenters. The summed E-state index contributed by atoms with van der Waals surface area (Å²) in [5, 5.41) is 12.7. The maximum Gasteiger partial charge on any atom is 0.231 e. The van der Waals surface area contributed by atoms with Crippen LogP contribution in [0.2, 0.25) is 0 Å². The molecule has 0 aromatic carbocycles. The molecular weight excluding hydrogens is 256 g/mol. The molecule has 0 bridgehead atoms. The second-order valence-electron chi connectivity index (χ2n) is 5.11. The minimum absolute atomic E-state index is 0.196. The number of nitrogen functional groups attached to an aromatic ring is 1. The zero-order valence-corrected chi connectivity index (χ0v) is 12.2. The van der Waals surface area contributed by atoms with Gasteiger partial charge in [-0.25, -0.2) is 0 Å². The molecule has 1 saturated carbocycles. The smallest absolute Gasteiger partial charge is 0.231 e. The highest BCUT2D eigenvalue weighted by Crippen LogP contribution is 2.27. The Balaban J connectivity index is 2.15. The third kappa shape index (κ3) is 3.27. The Morgan fingerprint density at radius 1 is 1.25 bits per heavy atom. The Hall–Kier alpha value is -1.63. The monoisotopic (exact) mass is 280 g/mol. The number of rotatable bonds is 6. The number of nitrogens with one attached hydrogen (secondary N) is 1. The van der Waals surface area contributed by atoms with E-state index >= 15 is 0 Å². The molecule has 2 rings (SSSR count). The Kier molecular flexibility index (Phi) is 4.94. The van der Waals surface area contributed by atoms with Crippen LogP contribution >= 0.6 is 0 Å². The van der Waals surface area contributed by atoms with Gasteiger partial charge in [0.15, 0.2) is 0 Å². The van der Waals surface area contributed by atoms with Crippen molar-refractivity contribution in [2.45, 2.75) is 39.2 Å². The Labute approximate surface area is 119 Å². The van der Waals surface area contributed by atoms with Crippen LogP contribution in [-0.2, 0) is 0 Å². The maximum atomic E-state index is 9.36. The molecule has 0 saturated heterocycles. The average Bonchev–Trinajstić information content (AvgIpc) is 2.86. The zero-order valence-electron chi connectivity index (χ0n) is 12.2. The lowest BCUT2D eigenvalue weighted by Gasteiger charge is -2.22. The molecule has 1 aromatic rings. The van der Waals surface area contributed by atoms with Crippen molar-refractivity contribution in [1.82, 2.24) is 15.0 Å². The topological polar surface area (TPSA) is 100 Å². The van der Waals surface area contributed by atoms with E-state index in [-0.39, 0.29) is 24.5 Å². The molecule has 0 radical (unpaired) electrons. The van der Waals surface area contributed by atoms with E-state index in [0.29, 0.717) is 11.9 Å². The summed E-state index contributed by atoms with van der Waals surface area (Å²) in [5.74, 6) is 1.60. The van der Waals surface area contributed by atoms with Gasteiger partial charge in [-0.15, -0.1) is 0 Å². The second kappa shape index (κ2) is 6.69. The lowest BCUT2D eigenvalue weighted by Crippen LogP contribution is -2.29. The standard InChI is InChI=1S/C13H24N6O/c1-3-19(4-2)13-17-11(14)16-12(18-13)15-10-7-5-6-9(10)8-20/h9-10,20H,3-8H2,1-2H3,(H3,14,15,16,17,18). The molecule has 0 aliphatic heterocycles. The van der Waals surface area contributed by atoms with Crippen LogP contribution in [0.25, 0.3) is 0 Å². The van der Waals surface area contributed by atoms with Crippen LogP contribution in [0.15, 0.2) is 0 Å². The molecule has 7 heteroatoms. The van der Waals surface area contributed by atoms with Gasteiger partial charge in [0.2, 0.25) is 17.8 Å². The molecular formula is C13H24N6O. The highest BCUT2D eigenvalue weighted by molar-refractivity contribution is 5.42. The van der Waals surface area contributed by atoms with Gasteiger partial charge in [-0.3, -0.25) is 0 Å². The van der Waals surface area contributed by atoms with Crippen LogP contribution in [-0.4, -0.2) is 45.8 Å². The second-order valence-corrected chi connectivity index (χ2v) is 5.11. The lowest BCUT2D eigenvalue weighted by molar-refractivity contribution is 0.222. The van der Waals surface area contributed by atoms with E-state index in [1.54, 1.807) is 0 Å². The zero-order chi connectivity index (χ0) is 14.5. The van der Waals surface area contributed by atoms with Crippen molar-refractivity contribution in [1.29, 1.82) is 0 Å². The number of nitrogens with two attached hydrogens (primary N) is 1. The fourth-order valence-electron chi connectivity index (χ4n) is 2.70. The van der Waals surface area contributed by atoms with Gasteiger partial charge in [-0.1, -0.05) is 6.42 Å². The van der Waals surface area contributed by atoms with Crippen molar-refractivity contribution >= 4 is 17.8 Å². The third-order valence-electron chi connectivity index (χ3n) is 3.90. The fraction of sp³-hybridized carbons (Fsp3) is 0.769. The SMILES string of the molecule is CCN(CC)c1nc(N)nc(NC2CCCC2CO)n1. The van der Waals surface area contributed by atoms with Gasteiger partial charge in [0.05, 0.1) is 0 Å². The van der Waals surface area contributed by atoms with E-state index in [1.807, 2.05) is 4.90 Å². The maximum absolute atomic E-state index is 9.36. The molecule has 20 heavy (non-hydrogen) atoms. The summed E-state index contributed by atoms with van der Waals surface area (Å²) in [5.41, 5.74) is 5.77. The first kappa shape index (κ1) is 14.8. The number of anilines is 3. The number of hydrogen-bond acceptors (Lipinski definition) is 7. The summed E-state index contributed by atoms with van der Waals surface area (Å²) in [6, 6.07) is 0.214. The van der Waals surface area contributed by atoms with Crippen LogP contribution in [0.5, 0.6) is 0 Å². The first-order valence-corrected chi connectivity index (χ1v) is 7.31. The van der Waals surface area contributed by atoms with Gasteiger partial charge in [-0.2, -0.15) is 15.0 Å². The molecule has 2 unspecified atom stereocenters. The Morgan fingerprint density at radius 3 is 2.65 bits per heavy atom. The van der Waals surface area contributed by atoms with E-state index < -0.39 is 0 Å². The van der Waals surface area contributed by atoms with Gasteiger partial charge >= 0.3 is 0 Å². The molecule has 1 aliphatic carbocycles. The summed E-state index contributed by atoms with van der Waals surface area (Å²) in [6.07, 6.45) is 3.18. The summed E-state index contributed by atoms with van der Waals surface area (Å²) >= 11 is 0. The normalized spacial score (nSPS) is 21.9. The third-order valence-corrected chi connectivity index (χ3v) is 3.90. The molecule has 7 nitrogen and oxygen atoms in total. The Morgan fingerprint density at radius 2 is 2.00 bits per heavy atom. The number of aromatic nitrogens is 3. The van der Waals surface area contributed by atoms with Crippen LogP contribution in [0.4, 0.5) is 17.8 Å². The summed E-state index contributed by atoms with van der Waals surface area (Å²) in [4.78, 5) is 14.8. The summed E-state index contributed by atoms with van der Waals surface area (Å²) < 4.78 is 0. The minimum Gasteiger partial charge on any atom is -0.396 e. The summed E-state index contributed by atoms with van der Waals surface area (Å²) in [7, 11) is 0. The largest absolute Gasteiger partial charge is 0.396 e. The van der Waals surface area contributed by atoms with Crippen molar-refractivity contribution < 1.29 is 5.11 Å². The van der Waals surface area contributed by atoms with Gasteiger partial charge in [0.25, 0.3) is 0 Å². The average molecular weight is 280 g/mol. The molecule has 4 N–H and O–H groups in total. The number of aliphatic hydroxyl groups is 1. The van der Waals surface area contributed by atoms with E-state index in [1.165, 1.54) is 0 Å². The number of aliphatic hydroxyl groups excluding tert-OH is 1. The van der Waals surface area contributed by atoms with Crippen molar-refractivity contribution in [3.63, 3.8) is 0 Å². The molecule has 0 spiro atoms. The molecule has 1 fully saturated rings. The van der Waals surface area contributed by atoms with Gasteiger partial charge in [0.1, 0.15) is 0 Å². The molecule has 0 amide bonds. The van der Waals surface area contributed by atoms with Gasteiger partial charge in [-0.05, 0) is 26.7 Å².